The van der Waals surface area contributed by atoms with Crippen LogP contribution in [0.3, 0.4) is 0 Å². The van der Waals surface area contributed by atoms with E-state index in [1.165, 1.54) is 15.6 Å². The fourth-order valence-corrected chi connectivity index (χ4v) is 6.94. The van der Waals surface area contributed by atoms with E-state index < -0.39 is 10.0 Å². The quantitative estimate of drug-likeness (QED) is 0.451. The lowest BCUT2D eigenvalue weighted by Crippen LogP contribution is -2.35. The van der Waals surface area contributed by atoms with E-state index in [9.17, 15) is 8.42 Å². The number of aromatic nitrogens is 1. The van der Waals surface area contributed by atoms with E-state index in [-0.39, 0.29) is 0 Å². The van der Waals surface area contributed by atoms with Crippen LogP contribution < -0.4 is 4.31 Å². The Bertz CT molecular complexity index is 1280. The standard InChI is InChI=1S/C20H16N2O3S3/c1-13-21-16-6-5-15(12-20(16)27-13)28(23,24)22-8-10-26-19-7-4-14(11-17(19)22)18-3-2-9-25-18/h2-7,9,11-12H,8,10H2,1H3. The molecule has 3 heterocycles. The van der Waals surface area contributed by atoms with E-state index in [4.69, 9.17) is 4.42 Å². The van der Waals surface area contributed by atoms with Gasteiger partial charge in [-0.2, -0.15) is 0 Å². The van der Waals surface area contributed by atoms with Crippen molar-refractivity contribution in [1.29, 1.82) is 0 Å². The number of benzene rings is 2. The fraction of sp³-hybridized carbons (Fsp3) is 0.150. The topological polar surface area (TPSA) is 63.4 Å². The van der Waals surface area contributed by atoms with E-state index >= 15 is 0 Å². The van der Waals surface area contributed by atoms with Gasteiger partial charge in [0.15, 0.2) is 0 Å². The molecule has 0 radical (unpaired) electrons. The molecule has 0 aliphatic carbocycles. The number of rotatable bonds is 3. The van der Waals surface area contributed by atoms with Crippen molar-refractivity contribution in [3.05, 3.63) is 59.8 Å². The smallest absolute Gasteiger partial charge is 0.264 e. The third-order valence-corrected chi connectivity index (χ3v) is 8.43. The van der Waals surface area contributed by atoms with Crippen LogP contribution in [0.2, 0.25) is 0 Å². The first-order valence-corrected chi connectivity index (χ1v) is 12.0. The molecule has 0 saturated carbocycles. The normalized spacial score (nSPS) is 14.4. The van der Waals surface area contributed by atoms with Crippen LogP contribution in [0.4, 0.5) is 5.69 Å². The molecule has 0 N–H and O–H groups in total. The van der Waals surface area contributed by atoms with Gasteiger partial charge in [0.05, 0.1) is 32.1 Å². The van der Waals surface area contributed by atoms with Gasteiger partial charge in [-0.25, -0.2) is 13.4 Å². The molecule has 0 amide bonds. The van der Waals surface area contributed by atoms with E-state index in [0.29, 0.717) is 22.9 Å². The van der Waals surface area contributed by atoms with E-state index in [2.05, 4.69) is 4.98 Å². The number of thiazole rings is 1. The van der Waals surface area contributed by atoms with Crippen LogP contribution in [-0.2, 0) is 10.0 Å². The van der Waals surface area contributed by atoms with Gasteiger partial charge in [0.25, 0.3) is 10.0 Å². The summed E-state index contributed by atoms with van der Waals surface area (Å²) in [5.41, 5.74) is 2.39. The van der Waals surface area contributed by atoms with Crippen LogP contribution >= 0.6 is 23.1 Å². The van der Waals surface area contributed by atoms with Crippen molar-refractivity contribution in [2.24, 2.45) is 0 Å². The highest BCUT2D eigenvalue weighted by molar-refractivity contribution is 8.00. The third kappa shape index (κ3) is 2.92. The van der Waals surface area contributed by atoms with Crippen LogP contribution in [0.15, 0.2) is 69.0 Å². The van der Waals surface area contributed by atoms with Gasteiger partial charge in [-0.15, -0.1) is 23.1 Å². The first-order valence-electron chi connectivity index (χ1n) is 8.73. The predicted octanol–water partition coefficient (Wildman–Crippen LogP) is 5.17. The maximum absolute atomic E-state index is 13.5. The van der Waals surface area contributed by atoms with Gasteiger partial charge in [-0.05, 0) is 55.5 Å². The number of aryl methyl sites for hydroxylation is 1. The maximum Gasteiger partial charge on any atom is 0.264 e. The molecular weight excluding hydrogens is 412 g/mol. The zero-order valence-electron chi connectivity index (χ0n) is 15.0. The molecule has 142 valence electrons. The summed E-state index contributed by atoms with van der Waals surface area (Å²) >= 11 is 3.18. The number of hydrogen-bond acceptors (Lipinski definition) is 6. The summed E-state index contributed by atoms with van der Waals surface area (Å²) in [6.45, 7) is 2.36. The minimum Gasteiger partial charge on any atom is -0.464 e. The molecule has 2 aromatic heterocycles. The summed E-state index contributed by atoms with van der Waals surface area (Å²) in [6.07, 6.45) is 1.62. The molecule has 5 rings (SSSR count). The number of nitrogens with zero attached hydrogens (tertiary/aromatic N) is 2. The van der Waals surface area contributed by atoms with Crippen molar-refractivity contribution in [1.82, 2.24) is 4.98 Å². The van der Waals surface area contributed by atoms with Gasteiger partial charge < -0.3 is 4.42 Å². The second-order valence-corrected chi connectivity index (χ2v) is 10.7. The molecule has 0 fully saturated rings. The number of furan rings is 1. The van der Waals surface area contributed by atoms with Crippen LogP contribution in [0.1, 0.15) is 5.01 Å². The predicted molar refractivity (Wildman–Crippen MR) is 114 cm³/mol. The Morgan fingerprint density at radius 2 is 2.04 bits per heavy atom. The van der Waals surface area contributed by atoms with Crippen LogP contribution in [-0.4, -0.2) is 25.7 Å². The van der Waals surface area contributed by atoms with Gasteiger partial charge >= 0.3 is 0 Å². The van der Waals surface area contributed by atoms with Gasteiger partial charge in [0.1, 0.15) is 5.76 Å². The second-order valence-electron chi connectivity index (χ2n) is 6.45. The molecule has 28 heavy (non-hydrogen) atoms. The molecule has 2 aromatic carbocycles. The molecular formula is C20H16N2O3S3. The summed E-state index contributed by atoms with van der Waals surface area (Å²) in [5, 5.41) is 0.923. The van der Waals surface area contributed by atoms with Gasteiger partial charge in [0.2, 0.25) is 0 Å². The lowest BCUT2D eigenvalue weighted by atomic mass is 10.1. The monoisotopic (exact) mass is 428 g/mol. The van der Waals surface area contributed by atoms with Crippen molar-refractivity contribution in [2.75, 3.05) is 16.6 Å². The third-order valence-electron chi connectivity index (χ3n) is 4.64. The van der Waals surface area contributed by atoms with Gasteiger partial charge in [-0.1, -0.05) is 0 Å². The average Bonchev–Trinajstić information content (AvgIpc) is 3.35. The highest BCUT2D eigenvalue weighted by Crippen LogP contribution is 2.40. The summed E-state index contributed by atoms with van der Waals surface area (Å²) in [6, 6.07) is 14.7. The Labute approximate surface area is 171 Å². The Balaban J connectivity index is 1.61. The number of thioether (sulfide) groups is 1. The molecule has 5 nitrogen and oxygen atoms in total. The first kappa shape index (κ1) is 17.8. The zero-order chi connectivity index (χ0) is 19.3. The number of anilines is 1. The molecule has 0 unspecified atom stereocenters. The minimum absolute atomic E-state index is 0.296. The SMILES string of the molecule is Cc1nc2ccc(S(=O)(=O)N3CCSc4ccc(-c5ccco5)cc43)cc2s1. The van der Waals surface area contributed by atoms with Crippen LogP contribution in [0, 0.1) is 6.92 Å². The largest absolute Gasteiger partial charge is 0.464 e. The summed E-state index contributed by atoms with van der Waals surface area (Å²) < 4.78 is 34.8. The highest BCUT2D eigenvalue weighted by Gasteiger charge is 2.30. The molecule has 8 heteroatoms. The average molecular weight is 429 g/mol. The lowest BCUT2D eigenvalue weighted by Gasteiger charge is -2.30. The Kier molecular flexibility index (Phi) is 4.22. The molecule has 1 aliphatic heterocycles. The number of hydrogen-bond donors (Lipinski definition) is 0. The Hall–Kier alpha value is -2.29. The van der Waals surface area contributed by atoms with Crippen LogP contribution in [0.5, 0.6) is 0 Å². The molecule has 0 saturated heterocycles. The van der Waals surface area contributed by atoms with Crippen molar-refractivity contribution in [3.8, 4) is 11.3 Å². The molecule has 1 aliphatic rings. The molecule has 4 aromatic rings. The van der Waals surface area contributed by atoms with E-state index in [0.717, 1.165) is 31.4 Å². The van der Waals surface area contributed by atoms with Gasteiger partial charge in [0, 0.05) is 22.8 Å². The molecule has 0 bridgehead atoms. The summed E-state index contributed by atoms with van der Waals surface area (Å²) in [7, 11) is -3.67. The lowest BCUT2D eigenvalue weighted by molar-refractivity contribution is 0.582. The van der Waals surface area contributed by atoms with E-state index in [1.54, 1.807) is 36.2 Å². The Morgan fingerprint density at radius 1 is 1.14 bits per heavy atom. The summed E-state index contributed by atoms with van der Waals surface area (Å²) in [4.78, 5) is 5.68. The number of fused-ring (bicyclic) bond motifs is 2. The number of sulfonamides is 1. The Morgan fingerprint density at radius 3 is 2.86 bits per heavy atom. The minimum atomic E-state index is -3.67. The molecule has 0 spiro atoms. The summed E-state index contributed by atoms with van der Waals surface area (Å²) in [5.74, 6) is 1.44. The first-order chi connectivity index (χ1) is 13.5. The van der Waals surface area contributed by atoms with Crippen molar-refractivity contribution in [3.63, 3.8) is 0 Å². The van der Waals surface area contributed by atoms with Gasteiger partial charge in [-0.3, -0.25) is 4.31 Å². The van der Waals surface area contributed by atoms with E-state index in [1.807, 2.05) is 37.3 Å². The fourth-order valence-electron chi connectivity index (χ4n) is 3.35. The molecule has 0 atom stereocenters. The maximum atomic E-state index is 13.5. The highest BCUT2D eigenvalue weighted by atomic mass is 32.2. The van der Waals surface area contributed by atoms with Crippen molar-refractivity contribution in [2.45, 2.75) is 16.7 Å². The second kappa shape index (κ2) is 6.65. The van der Waals surface area contributed by atoms with Crippen molar-refractivity contribution >= 4 is 49.0 Å². The zero-order valence-corrected chi connectivity index (χ0v) is 17.4. The van der Waals surface area contributed by atoms with Crippen molar-refractivity contribution < 1.29 is 12.8 Å². The van der Waals surface area contributed by atoms with Crippen LogP contribution in [0.25, 0.3) is 21.5 Å².